The molecule has 378 valence electrons. The van der Waals surface area contributed by atoms with Crippen molar-refractivity contribution in [2.45, 2.75) is 328 Å². The summed E-state index contributed by atoms with van der Waals surface area (Å²) in [7, 11) is 0. The molecule has 3 N–H and O–H groups in total. The first kappa shape index (κ1) is 62.3. The van der Waals surface area contributed by atoms with E-state index in [2.05, 4.69) is 50.4 Å². The molecule has 0 bridgehead atoms. The number of esters is 1. The topological polar surface area (TPSA) is 95.9 Å². The van der Waals surface area contributed by atoms with Crippen LogP contribution < -0.4 is 5.32 Å². The maximum atomic E-state index is 13.3. The molecule has 0 aromatic carbocycles. The molecule has 0 aromatic heterocycles. The highest BCUT2D eigenvalue weighted by atomic mass is 16.5. The van der Waals surface area contributed by atoms with E-state index in [1.54, 1.807) is 0 Å². The lowest BCUT2D eigenvalue weighted by Gasteiger charge is -2.24. The van der Waals surface area contributed by atoms with Gasteiger partial charge in [0.25, 0.3) is 0 Å². The number of carbonyl (C=O) groups excluding carboxylic acids is 2. The molecule has 3 atom stereocenters. The van der Waals surface area contributed by atoms with Crippen molar-refractivity contribution in [2.75, 3.05) is 6.61 Å². The minimum absolute atomic E-state index is 0.0704. The standard InChI is InChI=1S/C58H111NO5/c1-4-7-10-13-16-19-22-25-28-30-32-35-38-41-44-47-50-56(61)55(53-60)59-57(62)52-54(49-46-43-40-37-34-31-29-26-23-20-17-14-11-8-5-2)64-58(63)51-48-45-42-39-36-33-27-24-21-18-15-12-9-6-3/h26,29,33,36,54-56,60-61H,4-25,27-28,30-32,34-35,37-53H2,1-3H3,(H,59,62)/b29-26+,36-33-. The van der Waals surface area contributed by atoms with Gasteiger partial charge in [-0.2, -0.15) is 0 Å². The van der Waals surface area contributed by atoms with Crippen LogP contribution in [0.1, 0.15) is 310 Å². The minimum Gasteiger partial charge on any atom is -0.462 e. The van der Waals surface area contributed by atoms with Crippen molar-refractivity contribution in [1.29, 1.82) is 0 Å². The third-order valence-electron chi connectivity index (χ3n) is 13.3. The number of hydrogen-bond donors (Lipinski definition) is 3. The van der Waals surface area contributed by atoms with Gasteiger partial charge < -0.3 is 20.3 Å². The van der Waals surface area contributed by atoms with Crippen molar-refractivity contribution >= 4 is 11.9 Å². The van der Waals surface area contributed by atoms with Crippen LogP contribution in [0.2, 0.25) is 0 Å². The van der Waals surface area contributed by atoms with Crippen molar-refractivity contribution < 1.29 is 24.5 Å². The Morgan fingerprint density at radius 1 is 0.438 bits per heavy atom. The van der Waals surface area contributed by atoms with Gasteiger partial charge in [-0.05, 0) is 77.0 Å². The van der Waals surface area contributed by atoms with Gasteiger partial charge in [-0.15, -0.1) is 0 Å². The number of hydrogen-bond acceptors (Lipinski definition) is 5. The van der Waals surface area contributed by atoms with Gasteiger partial charge in [-0.1, -0.05) is 244 Å². The van der Waals surface area contributed by atoms with Crippen LogP contribution in [0, 0.1) is 0 Å². The van der Waals surface area contributed by atoms with Gasteiger partial charge in [0.15, 0.2) is 0 Å². The van der Waals surface area contributed by atoms with Gasteiger partial charge in [0.2, 0.25) is 5.91 Å². The molecule has 3 unspecified atom stereocenters. The Morgan fingerprint density at radius 3 is 1.11 bits per heavy atom. The Morgan fingerprint density at radius 2 is 0.750 bits per heavy atom. The van der Waals surface area contributed by atoms with E-state index in [9.17, 15) is 19.8 Å². The van der Waals surface area contributed by atoms with Crippen LogP contribution in [0.3, 0.4) is 0 Å². The Balaban J connectivity index is 4.54. The monoisotopic (exact) mass is 902 g/mol. The van der Waals surface area contributed by atoms with Crippen LogP contribution in [0.15, 0.2) is 24.3 Å². The molecule has 0 aliphatic heterocycles. The van der Waals surface area contributed by atoms with Crippen LogP contribution in [0.5, 0.6) is 0 Å². The maximum Gasteiger partial charge on any atom is 0.306 e. The van der Waals surface area contributed by atoms with Crippen LogP contribution in [-0.4, -0.2) is 46.9 Å². The molecule has 0 saturated heterocycles. The predicted octanol–water partition coefficient (Wildman–Crippen LogP) is 17.5. The van der Waals surface area contributed by atoms with Crippen molar-refractivity contribution in [3.8, 4) is 0 Å². The largest absolute Gasteiger partial charge is 0.462 e. The average molecular weight is 903 g/mol. The summed E-state index contributed by atoms with van der Waals surface area (Å²) in [5.41, 5.74) is 0. The van der Waals surface area contributed by atoms with Crippen LogP contribution in [0.25, 0.3) is 0 Å². The fourth-order valence-corrected chi connectivity index (χ4v) is 8.89. The molecule has 0 fully saturated rings. The van der Waals surface area contributed by atoms with Gasteiger partial charge in [0.1, 0.15) is 6.10 Å². The van der Waals surface area contributed by atoms with E-state index in [1.807, 2.05) is 0 Å². The zero-order chi connectivity index (χ0) is 46.7. The lowest BCUT2D eigenvalue weighted by atomic mass is 10.0. The number of allylic oxidation sites excluding steroid dienone is 4. The van der Waals surface area contributed by atoms with E-state index < -0.39 is 18.2 Å². The van der Waals surface area contributed by atoms with Crippen molar-refractivity contribution in [3.05, 3.63) is 24.3 Å². The highest BCUT2D eigenvalue weighted by molar-refractivity contribution is 5.77. The summed E-state index contributed by atoms with van der Waals surface area (Å²) in [6.07, 6.45) is 61.0. The van der Waals surface area contributed by atoms with Crippen LogP contribution >= 0.6 is 0 Å². The Kier molecular flexibility index (Phi) is 51.0. The van der Waals surface area contributed by atoms with Gasteiger partial charge in [0, 0.05) is 6.42 Å². The first-order chi connectivity index (χ1) is 31.5. The number of nitrogens with one attached hydrogen (secondary N) is 1. The number of rotatable bonds is 52. The summed E-state index contributed by atoms with van der Waals surface area (Å²) in [6, 6.07) is -0.704. The number of carbonyl (C=O) groups is 2. The Hall–Kier alpha value is -1.66. The molecule has 0 saturated carbocycles. The second-order valence-electron chi connectivity index (χ2n) is 19.7. The summed E-state index contributed by atoms with van der Waals surface area (Å²) >= 11 is 0. The molecular formula is C58H111NO5. The Labute approximate surface area is 399 Å². The molecule has 0 radical (unpaired) electrons. The van der Waals surface area contributed by atoms with Crippen LogP contribution in [-0.2, 0) is 14.3 Å². The first-order valence-electron chi connectivity index (χ1n) is 28.6. The summed E-state index contributed by atoms with van der Waals surface area (Å²) in [5.74, 6) is -0.485. The van der Waals surface area contributed by atoms with E-state index in [4.69, 9.17) is 4.74 Å². The quantitative estimate of drug-likeness (QED) is 0.0321. The van der Waals surface area contributed by atoms with Crippen molar-refractivity contribution in [3.63, 3.8) is 0 Å². The molecule has 1 amide bonds. The number of unbranched alkanes of at least 4 members (excludes halogenated alkanes) is 36. The zero-order valence-electron chi connectivity index (χ0n) is 43.2. The number of aliphatic hydroxyl groups excluding tert-OH is 2. The van der Waals surface area contributed by atoms with Gasteiger partial charge in [-0.3, -0.25) is 9.59 Å². The van der Waals surface area contributed by atoms with Gasteiger partial charge in [-0.25, -0.2) is 0 Å². The van der Waals surface area contributed by atoms with Gasteiger partial charge in [0.05, 0.1) is 25.2 Å². The fourth-order valence-electron chi connectivity index (χ4n) is 8.89. The normalized spacial score (nSPS) is 13.3. The lowest BCUT2D eigenvalue weighted by molar-refractivity contribution is -0.151. The highest BCUT2D eigenvalue weighted by Crippen LogP contribution is 2.18. The summed E-state index contributed by atoms with van der Waals surface area (Å²) in [6.45, 7) is 6.50. The molecule has 0 rings (SSSR count). The van der Waals surface area contributed by atoms with E-state index in [1.165, 1.54) is 199 Å². The molecule has 64 heavy (non-hydrogen) atoms. The third-order valence-corrected chi connectivity index (χ3v) is 13.3. The van der Waals surface area contributed by atoms with Crippen molar-refractivity contribution in [2.24, 2.45) is 0 Å². The molecule has 0 heterocycles. The Bertz CT molecular complexity index is 1010. The third kappa shape index (κ3) is 46.9. The summed E-state index contributed by atoms with van der Waals surface area (Å²) in [4.78, 5) is 26.2. The molecule has 6 nitrogen and oxygen atoms in total. The molecule has 6 heteroatoms. The lowest BCUT2D eigenvalue weighted by Crippen LogP contribution is -2.46. The number of amides is 1. The number of ether oxygens (including phenoxy) is 1. The van der Waals surface area contributed by atoms with Gasteiger partial charge >= 0.3 is 5.97 Å². The maximum absolute atomic E-state index is 13.3. The molecule has 0 aliphatic rings. The second kappa shape index (κ2) is 52.3. The molecule has 0 spiro atoms. The minimum atomic E-state index is -0.790. The molecular weight excluding hydrogens is 791 g/mol. The zero-order valence-corrected chi connectivity index (χ0v) is 43.2. The second-order valence-corrected chi connectivity index (χ2v) is 19.7. The fraction of sp³-hybridized carbons (Fsp3) is 0.897. The molecule has 0 aliphatic carbocycles. The van der Waals surface area contributed by atoms with E-state index in [0.717, 1.165) is 64.2 Å². The summed E-state index contributed by atoms with van der Waals surface area (Å²) < 4.78 is 5.95. The predicted molar refractivity (Wildman–Crippen MR) is 278 cm³/mol. The molecule has 0 aromatic rings. The van der Waals surface area contributed by atoms with E-state index in [-0.39, 0.29) is 24.9 Å². The first-order valence-corrected chi connectivity index (χ1v) is 28.6. The van der Waals surface area contributed by atoms with Crippen molar-refractivity contribution in [1.82, 2.24) is 5.32 Å². The SMILES string of the molecule is CCCCCCCC/C=C/CCCCCCCC(CC(=O)NC(CO)C(O)CCCCCCCCCCCCCCCCCC)OC(=O)CCCCC/C=C\CCCCCCCCC. The smallest absolute Gasteiger partial charge is 0.306 e. The van der Waals surface area contributed by atoms with E-state index in [0.29, 0.717) is 19.3 Å². The van der Waals surface area contributed by atoms with Crippen LogP contribution in [0.4, 0.5) is 0 Å². The van der Waals surface area contributed by atoms with E-state index >= 15 is 0 Å². The average Bonchev–Trinajstić information content (AvgIpc) is 3.29. The number of aliphatic hydroxyl groups is 2. The highest BCUT2D eigenvalue weighted by Gasteiger charge is 2.24. The summed E-state index contributed by atoms with van der Waals surface area (Å²) in [5, 5.41) is 23.9.